The molecular formula is C18H16BrFO4. The van der Waals surface area contributed by atoms with Crippen LogP contribution in [-0.2, 0) is 0 Å². The number of halogens is 2. The van der Waals surface area contributed by atoms with E-state index in [1.807, 2.05) is 0 Å². The summed E-state index contributed by atoms with van der Waals surface area (Å²) >= 11 is 3.40. The van der Waals surface area contributed by atoms with Crippen LogP contribution in [-0.4, -0.2) is 27.1 Å². The summed E-state index contributed by atoms with van der Waals surface area (Å²) in [4.78, 5) is 12.2. The van der Waals surface area contributed by atoms with E-state index in [4.69, 9.17) is 14.2 Å². The van der Waals surface area contributed by atoms with Crippen molar-refractivity contribution in [2.45, 2.75) is 0 Å². The van der Waals surface area contributed by atoms with Crippen LogP contribution in [0, 0.1) is 5.82 Å². The Morgan fingerprint density at radius 3 is 2.29 bits per heavy atom. The fourth-order valence-corrected chi connectivity index (χ4v) is 2.53. The van der Waals surface area contributed by atoms with E-state index in [0.29, 0.717) is 22.8 Å². The minimum atomic E-state index is -0.629. The number of hydrogen-bond acceptors (Lipinski definition) is 4. The van der Waals surface area contributed by atoms with E-state index in [1.54, 1.807) is 18.2 Å². The molecule has 0 aromatic heterocycles. The van der Waals surface area contributed by atoms with E-state index in [0.717, 1.165) is 4.47 Å². The first-order chi connectivity index (χ1) is 11.5. The van der Waals surface area contributed by atoms with E-state index in [-0.39, 0.29) is 5.56 Å². The van der Waals surface area contributed by atoms with Crippen LogP contribution >= 0.6 is 15.9 Å². The number of benzene rings is 2. The zero-order chi connectivity index (χ0) is 17.7. The minimum absolute atomic E-state index is 0.0244. The van der Waals surface area contributed by atoms with Crippen LogP contribution in [0.4, 0.5) is 4.39 Å². The maximum Gasteiger partial charge on any atom is 0.188 e. The van der Waals surface area contributed by atoms with Gasteiger partial charge in [0.05, 0.1) is 26.9 Å². The summed E-state index contributed by atoms with van der Waals surface area (Å²) in [5.74, 6) is 0.375. The second-order valence-corrected chi connectivity index (χ2v) is 5.63. The van der Waals surface area contributed by atoms with Crippen molar-refractivity contribution < 1.29 is 23.4 Å². The number of methoxy groups -OCH3 is 3. The number of allylic oxidation sites excluding steroid dienone is 1. The van der Waals surface area contributed by atoms with Crippen molar-refractivity contribution in [1.29, 1.82) is 0 Å². The van der Waals surface area contributed by atoms with E-state index in [2.05, 4.69) is 15.9 Å². The molecule has 0 aliphatic heterocycles. The molecule has 0 amide bonds. The molecule has 0 N–H and O–H groups in total. The van der Waals surface area contributed by atoms with Gasteiger partial charge in [-0.05, 0) is 42.0 Å². The maximum absolute atomic E-state index is 13.9. The molecule has 0 heterocycles. The van der Waals surface area contributed by atoms with Gasteiger partial charge in [-0.1, -0.05) is 15.9 Å². The lowest BCUT2D eigenvalue weighted by molar-refractivity contribution is 0.104. The third kappa shape index (κ3) is 3.94. The monoisotopic (exact) mass is 394 g/mol. The third-order valence-corrected chi connectivity index (χ3v) is 4.05. The topological polar surface area (TPSA) is 44.8 Å². The Morgan fingerprint density at radius 2 is 1.71 bits per heavy atom. The summed E-state index contributed by atoms with van der Waals surface area (Å²) in [6.07, 6.45) is 2.88. The number of carbonyl (C=O) groups excluding carboxylic acids is 1. The predicted molar refractivity (Wildman–Crippen MR) is 93.6 cm³/mol. The van der Waals surface area contributed by atoms with Crippen LogP contribution in [0.2, 0.25) is 0 Å². The molecule has 2 aromatic rings. The average Bonchev–Trinajstić information content (AvgIpc) is 2.59. The van der Waals surface area contributed by atoms with Gasteiger partial charge >= 0.3 is 0 Å². The van der Waals surface area contributed by atoms with Crippen molar-refractivity contribution in [3.63, 3.8) is 0 Å². The summed E-state index contributed by atoms with van der Waals surface area (Å²) in [7, 11) is 4.50. The van der Waals surface area contributed by atoms with Crippen LogP contribution in [0.3, 0.4) is 0 Å². The van der Waals surface area contributed by atoms with Crippen molar-refractivity contribution in [3.05, 3.63) is 57.8 Å². The Morgan fingerprint density at radius 1 is 1.04 bits per heavy atom. The molecule has 24 heavy (non-hydrogen) atoms. The van der Waals surface area contributed by atoms with Crippen LogP contribution in [0.1, 0.15) is 15.9 Å². The second kappa shape index (κ2) is 7.97. The number of ketones is 1. The highest BCUT2D eigenvalue weighted by molar-refractivity contribution is 9.10. The SMILES string of the molecule is COc1ccc(C(=O)/C=C/c2cc(OC)c(OC)cc2Br)c(F)c1. The summed E-state index contributed by atoms with van der Waals surface area (Å²) < 4.78 is 30.0. The summed E-state index contributed by atoms with van der Waals surface area (Å²) in [5, 5.41) is 0. The van der Waals surface area contributed by atoms with Crippen LogP contribution in [0.25, 0.3) is 6.08 Å². The molecule has 0 aliphatic carbocycles. The summed E-state index contributed by atoms with van der Waals surface area (Å²) in [5.41, 5.74) is 0.679. The van der Waals surface area contributed by atoms with Gasteiger partial charge in [0, 0.05) is 10.5 Å². The van der Waals surface area contributed by atoms with Crippen molar-refractivity contribution in [3.8, 4) is 17.2 Å². The molecule has 0 saturated carbocycles. The molecule has 126 valence electrons. The predicted octanol–water partition coefficient (Wildman–Crippen LogP) is 4.51. The smallest absolute Gasteiger partial charge is 0.188 e. The number of carbonyl (C=O) groups is 1. The van der Waals surface area contributed by atoms with Crippen molar-refractivity contribution in [1.82, 2.24) is 0 Å². The number of hydrogen-bond donors (Lipinski definition) is 0. The summed E-state index contributed by atoms with van der Waals surface area (Å²) in [6, 6.07) is 7.56. The van der Waals surface area contributed by atoms with Gasteiger partial charge in [-0.15, -0.1) is 0 Å². The maximum atomic E-state index is 13.9. The largest absolute Gasteiger partial charge is 0.497 e. The first-order valence-corrected chi connectivity index (χ1v) is 7.77. The fraction of sp³-hybridized carbons (Fsp3) is 0.167. The van der Waals surface area contributed by atoms with E-state index >= 15 is 0 Å². The molecule has 0 atom stereocenters. The standard InChI is InChI=1S/C18H16BrFO4/c1-22-12-5-6-13(15(20)9-12)16(21)7-4-11-8-17(23-2)18(24-3)10-14(11)19/h4-10H,1-3H3/b7-4+. The highest BCUT2D eigenvalue weighted by atomic mass is 79.9. The average molecular weight is 395 g/mol. The van der Waals surface area contributed by atoms with E-state index in [1.165, 1.54) is 45.6 Å². The summed E-state index contributed by atoms with van der Waals surface area (Å²) in [6.45, 7) is 0. The molecule has 0 bridgehead atoms. The highest BCUT2D eigenvalue weighted by Crippen LogP contribution is 2.34. The van der Waals surface area contributed by atoms with Gasteiger partial charge in [0.15, 0.2) is 17.3 Å². The molecule has 0 unspecified atom stereocenters. The molecule has 2 rings (SSSR count). The highest BCUT2D eigenvalue weighted by Gasteiger charge is 2.11. The molecule has 0 aliphatic rings. The first-order valence-electron chi connectivity index (χ1n) is 6.97. The minimum Gasteiger partial charge on any atom is -0.497 e. The molecule has 0 fully saturated rings. The molecular weight excluding hydrogens is 379 g/mol. The van der Waals surface area contributed by atoms with Crippen LogP contribution in [0.15, 0.2) is 40.9 Å². The van der Waals surface area contributed by atoms with Gasteiger partial charge in [0.25, 0.3) is 0 Å². The van der Waals surface area contributed by atoms with Crippen LogP contribution in [0.5, 0.6) is 17.2 Å². The van der Waals surface area contributed by atoms with Crippen molar-refractivity contribution in [2.24, 2.45) is 0 Å². The zero-order valence-corrected chi connectivity index (χ0v) is 15.0. The van der Waals surface area contributed by atoms with Gasteiger partial charge in [0.1, 0.15) is 11.6 Å². The normalized spacial score (nSPS) is 10.7. The Kier molecular flexibility index (Phi) is 5.98. The Balaban J connectivity index is 2.29. The molecule has 0 saturated heterocycles. The lowest BCUT2D eigenvalue weighted by atomic mass is 10.1. The fourth-order valence-electron chi connectivity index (χ4n) is 2.08. The van der Waals surface area contributed by atoms with Crippen molar-refractivity contribution in [2.75, 3.05) is 21.3 Å². The second-order valence-electron chi connectivity index (χ2n) is 4.77. The molecule has 0 radical (unpaired) electrons. The molecule has 6 heteroatoms. The molecule has 2 aromatic carbocycles. The first kappa shape index (κ1) is 18.0. The van der Waals surface area contributed by atoms with E-state index < -0.39 is 11.6 Å². The van der Waals surface area contributed by atoms with Crippen LogP contribution < -0.4 is 14.2 Å². The van der Waals surface area contributed by atoms with Gasteiger partial charge in [-0.25, -0.2) is 4.39 Å². The van der Waals surface area contributed by atoms with Gasteiger partial charge in [0.2, 0.25) is 0 Å². The lowest BCUT2D eigenvalue weighted by Gasteiger charge is -2.09. The number of ether oxygens (including phenoxy) is 3. The lowest BCUT2D eigenvalue weighted by Crippen LogP contribution is -1.99. The quantitative estimate of drug-likeness (QED) is 0.533. The molecule has 4 nitrogen and oxygen atoms in total. The zero-order valence-electron chi connectivity index (χ0n) is 13.4. The van der Waals surface area contributed by atoms with E-state index in [9.17, 15) is 9.18 Å². The van der Waals surface area contributed by atoms with Crippen molar-refractivity contribution >= 4 is 27.8 Å². The Hall–Kier alpha value is -2.34. The number of rotatable bonds is 6. The van der Waals surface area contributed by atoms with Gasteiger partial charge in [-0.2, -0.15) is 0 Å². The third-order valence-electron chi connectivity index (χ3n) is 3.36. The Labute approximate surface area is 148 Å². The Bertz CT molecular complexity index is 787. The van der Waals surface area contributed by atoms with Gasteiger partial charge < -0.3 is 14.2 Å². The van der Waals surface area contributed by atoms with Gasteiger partial charge in [-0.3, -0.25) is 4.79 Å². The molecule has 0 spiro atoms.